The Balaban J connectivity index is 2.34. The molecular formula is C13H14BrNO4S2. The minimum Gasteiger partial charge on any atom is -0.283 e. The first-order valence-electron chi connectivity index (χ1n) is 6.03. The Bertz CT molecular complexity index is 876. The van der Waals surface area contributed by atoms with Crippen LogP contribution < -0.4 is 4.72 Å². The van der Waals surface area contributed by atoms with Gasteiger partial charge in [-0.1, -0.05) is 40.2 Å². The highest BCUT2D eigenvalue weighted by Gasteiger charge is 2.16. The zero-order valence-corrected chi connectivity index (χ0v) is 14.4. The third-order valence-electron chi connectivity index (χ3n) is 2.86. The largest absolute Gasteiger partial charge is 0.283 e. The maximum atomic E-state index is 12.0. The minimum atomic E-state index is -3.72. The number of rotatable bonds is 5. The Morgan fingerprint density at radius 1 is 0.952 bits per heavy atom. The summed E-state index contributed by atoms with van der Waals surface area (Å²) in [4.78, 5) is 0. The molecule has 0 radical (unpaired) electrons. The Hall–Kier alpha value is -1.12. The van der Waals surface area contributed by atoms with Crippen molar-refractivity contribution >= 4 is 52.3 Å². The first kappa shape index (κ1) is 16.3. The van der Waals surface area contributed by atoms with Crippen LogP contribution in [0.3, 0.4) is 0 Å². The molecule has 0 aliphatic heterocycles. The van der Waals surface area contributed by atoms with Crippen molar-refractivity contribution in [3.8, 4) is 0 Å². The highest BCUT2D eigenvalue weighted by Crippen LogP contribution is 2.30. The first-order chi connectivity index (χ1) is 9.68. The molecule has 1 N–H and O–H groups in total. The Labute approximate surface area is 132 Å². The fourth-order valence-electron chi connectivity index (χ4n) is 1.83. The average Bonchev–Trinajstić information content (AvgIpc) is 2.40. The SMILES string of the molecule is CS(=O)(=O)CCS(=O)(=O)Nc1ccc(Br)c2ccccc12. The number of anilines is 1. The van der Waals surface area contributed by atoms with Gasteiger partial charge in [0, 0.05) is 16.1 Å². The molecule has 0 unspecified atom stereocenters. The van der Waals surface area contributed by atoms with E-state index in [0.29, 0.717) is 5.69 Å². The lowest BCUT2D eigenvalue weighted by Gasteiger charge is -2.11. The molecule has 0 aromatic heterocycles. The zero-order chi connectivity index (χ0) is 15.7. The molecule has 0 bridgehead atoms. The van der Waals surface area contributed by atoms with E-state index in [2.05, 4.69) is 20.7 Å². The molecule has 2 aromatic carbocycles. The highest BCUT2D eigenvalue weighted by atomic mass is 79.9. The Kier molecular flexibility index (Phi) is 4.60. The van der Waals surface area contributed by atoms with Gasteiger partial charge in [0.15, 0.2) is 0 Å². The van der Waals surface area contributed by atoms with E-state index in [1.54, 1.807) is 18.2 Å². The van der Waals surface area contributed by atoms with Crippen molar-refractivity contribution in [2.45, 2.75) is 0 Å². The van der Waals surface area contributed by atoms with Crippen LogP contribution in [0, 0.1) is 0 Å². The number of hydrogen-bond donors (Lipinski definition) is 1. The second-order valence-electron chi connectivity index (χ2n) is 4.69. The second-order valence-corrected chi connectivity index (χ2v) is 9.65. The quantitative estimate of drug-likeness (QED) is 0.848. The van der Waals surface area contributed by atoms with Crippen LogP contribution in [0.25, 0.3) is 10.8 Å². The second kappa shape index (κ2) is 5.94. The summed E-state index contributed by atoms with van der Waals surface area (Å²) in [6.07, 6.45) is 1.01. The van der Waals surface area contributed by atoms with Gasteiger partial charge in [0.25, 0.3) is 0 Å². The lowest BCUT2D eigenvalue weighted by Crippen LogP contribution is -2.22. The standard InChI is InChI=1S/C13H14BrNO4S2/c1-20(16,17)8-9-21(18,19)15-13-7-6-12(14)10-4-2-3-5-11(10)13/h2-7,15H,8-9H2,1H3. The first-order valence-corrected chi connectivity index (χ1v) is 10.5. The molecule has 114 valence electrons. The number of benzene rings is 2. The summed E-state index contributed by atoms with van der Waals surface area (Å²) in [5.41, 5.74) is 0.433. The van der Waals surface area contributed by atoms with E-state index in [1.165, 1.54) is 0 Å². The summed E-state index contributed by atoms with van der Waals surface area (Å²) in [6.45, 7) is 0. The van der Waals surface area contributed by atoms with E-state index in [4.69, 9.17) is 0 Å². The molecule has 0 atom stereocenters. The summed E-state index contributed by atoms with van der Waals surface area (Å²) in [6, 6.07) is 10.7. The number of sulfone groups is 1. The van der Waals surface area contributed by atoms with E-state index in [1.807, 2.05) is 18.2 Å². The van der Waals surface area contributed by atoms with Gasteiger partial charge in [-0.15, -0.1) is 0 Å². The summed E-state index contributed by atoms with van der Waals surface area (Å²) < 4.78 is 49.5. The molecule has 0 amide bonds. The maximum absolute atomic E-state index is 12.0. The predicted octanol–water partition coefficient (Wildman–Crippen LogP) is 2.39. The predicted molar refractivity (Wildman–Crippen MR) is 88.8 cm³/mol. The number of fused-ring (bicyclic) bond motifs is 1. The molecule has 0 saturated heterocycles. The van der Waals surface area contributed by atoms with Gasteiger partial charge >= 0.3 is 0 Å². The van der Waals surface area contributed by atoms with Crippen molar-refractivity contribution in [1.29, 1.82) is 0 Å². The molecule has 21 heavy (non-hydrogen) atoms. The molecule has 2 rings (SSSR count). The van der Waals surface area contributed by atoms with Gasteiger partial charge in [-0.05, 0) is 17.5 Å². The zero-order valence-electron chi connectivity index (χ0n) is 11.2. The van der Waals surface area contributed by atoms with Crippen LogP contribution in [0.4, 0.5) is 5.69 Å². The summed E-state index contributed by atoms with van der Waals surface area (Å²) in [5.74, 6) is -0.868. The Morgan fingerprint density at radius 3 is 2.19 bits per heavy atom. The van der Waals surface area contributed by atoms with Crippen molar-refractivity contribution in [2.75, 3.05) is 22.5 Å². The van der Waals surface area contributed by atoms with Crippen LogP contribution in [-0.4, -0.2) is 34.6 Å². The number of nitrogens with one attached hydrogen (secondary N) is 1. The third kappa shape index (κ3) is 4.42. The van der Waals surface area contributed by atoms with Crippen LogP contribution >= 0.6 is 15.9 Å². The molecule has 0 spiro atoms. The molecule has 0 saturated carbocycles. The fraction of sp³-hybridized carbons (Fsp3) is 0.231. The van der Waals surface area contributed by atoms with Crippen molar-refractivity contribution in [3.05, 3.63) is 40.9 Å². The average molecular weight is 392 g/mol. The van der Waals surface area contributed by atoms with Gasteiger partial charge in [0.05, 0.1) is 17.2 Å². The van der Waals surface area contributed by atoms with Crippen LogP contribution in [0.5, 0.6) is 0 Å². The number of halogens is 1. The normalized spacial score (nSPS) is 12.5. The molecular weight excluding hydrogens is 378 g/mol. The van der Waals surface area contributed by atoms with Crippen LogP contribution in [0.15, 0.2) is 40.9 Å². The van der Waals surface area contributed by atoms with Crippen molar-refractivity contribution in [1.82, 2.24) is 0 Å². The topological polar surface area (TPSA) is 80.3 Å². The molecule has 8 heteroatoms. The van der Waals surface area contributed by atoms with Gasteiger partial charge in [-0.25, -0.2) is 16.8 Å². The summed E-state index contributed by atoms with van der Waals surface area (Å²) in [5, 5.41) is 1.62. The molecule has 0 heterocycles. The van der Waals surface area contributed by atoms with Crippen molar-refractivity contribution in [2.24, 2.45) is 0 Å². The molecule has 5 nitrogen and oxygen atoms in total. The van der Waals surface area contributed by atoms with Crippen LogP contribution in [0.2, 0.25) is 0 Å². The van der Waals surface area contributed by atoms with E-state index in [0.717, 1.165) is 21.5 Å². The summed E-state index contributed by atoms with van der Waals surface area (Å²) >= 11 is 3.41. The smallest absolute Gasteiger partial charge is 0.233 e. The molecule has 0 aliphatic carbocycles. The van der Waals surface area contributed by atoms with Crippen LogP contribution in [-0.2, 0) is 19.9 Å². The van der Waals surface area contributed by atoms with Crippen LogP contribution in [0.1, 0.15) is 0 Å². The Morgan fingerprint density at radius 2 is 1.57 bits per heavy atom. The number of hydrogen-bond acceptors (Lipinski definition) is 4. The van der Waals surface area contributed by atoms with Crippen molar-refractivity contribution in [3.63, 3.8) is 0 Å². The third-order valence-corrected chi connectivity index (χ3v) is 6.03. The van der Waals surface area contributed by atoms with Gasteiger partial charge in [0.2, 0.25) is 10.0 Å². The van der Waals surface area contributed by atoms with Gasteiger partial charge in [0.1, 0.15) is 9.84 Å². The van der Waals surface area contributed by atoms with E-state index in [-0.39, 0.29) is 0 Å². The molecule has 0 fully saturated rings. The van der Waals surface area contributed by atoms with E-state index < -0.39 is 31.4 Å². The minimum absolute atomic E-state index is 0.406. The monoisotopic (exact) mass is 391 g/mol. The van der Waals surface area contributed by atoms with E-state index in [9.17, 15) is 16.8 Å². The fourth-order valence-corrected chi connectivity index (χ4v) is 5.01. The molecule has 2 aromatic rings. The van der Waals surface area contributed by atoms with Crippen molar-refractivity contribution < 1.29 is 16.8 Å². The number of sulfonamides is 1. The van der Waals surface area contributed by atoms with Gasteiger partial charge < -0.3 is 0 Å². The lowest BCUT2D eigenvalue weighted by atomic mass is 10.1. The van der Waals surface area contributed by atoms with E-state index >= 15 is 0 Å². The summed E-state index contributed by atoms with van der Waals surface area (Å²) in [7, 11) is -7.04. The molecule has 0 aliphatic rings. The van der Waals surface area contributed by atoms with Gasteiger partial charge in [-0.2, -0.15) is 0 Å². The van der Waals surface area contributed by atoms with Gasteiger partial charge in [-0.3, -0.25) is 4.72 Å². The maximum Gasteiger partial charge on any atom is 0.233 e. The highest BCUT2D eigenvalue weighted by molar-refractivity contribution is 9.10. The lowest BCUT2D eigenvalue weighted by molar-refractivity contribution is 0.593.